The van der Waals surface area contributed by atoms with E-state index in [0.717, 1.165) is 14.8 Å². The maximum absolute atomic E-state index is 12.6. The molecule has 2 heterocycles. The fourth-order valence-electron chi connectivity index (χ4n) is 2.65. The molecule has 7 heteroatoms. The summed E-state index contributed by atoms with van der Waals surface area (Å²) in [5.41, 5.74) is 0.738. The van der Waals surface area contributed by atoms with Crippen LogP contribution in [0.2, 0.25) is 0 Å². The fraction of sp³-hybridized carbons (Fsp3) is 0.0588. The van der Waals surface area contributed by atoms with Crippen LogP contribution in [-0.2, 0) is 6.42 Å². The minimum Gasteiger partial charge on any atom is -0.333 e. The van der Waals surface area contributed by atoms with Gasteiger partial charge in [-0.25, -0.2) is 4.98 Å². The van der Waals surface area contributed by atoms with Crippen molar-refractivity contribution in [3.05, 3.63) is 86.6 Å². The summed E-state index contributed by atoms with van der Waals surface area (Å²) in [7, 11) is 0. The third-order valence-corrected chi connectivity index (χ3v) is 3.85. The molecule has 0 fully saturated rings. The van der Waals surface area contributed by atoms with Crippen molar-refractivity contribution >= 4 is 16.7 Å². The molecular weight excluding hydrogens is 306 g/mol. The van der Waals surface area contributed by atoms with Crippen LogP contribution in [0.3, 0.4) is 0 Å². The van der Waals surface area contributed by atoms with Gasteiger partial charge in [-0.1, -0.05) is 42.5 Å². The highest BCUT2D eigenvalue weighted by Crippen LogP contribution is 2.08. The molecule has 0 saturated heterocycles. The average molecular weight is 319 g/mol. The van der Waals surface area contributed by atoms with Gasteiger partial charge in [0.2, 0.25) is 0 Å². The van der Waals surface area contributed by atoms with Crippen molar-refractivity contribution in [3.8, 4) is 0 Å². The van der Waals surface area contributed by atoms with E-state index in [1.807, 2.05) is 30.3 Å². The monoisotopic (exact) mass is 319 g/mol. The van der Waals surface area contributed by atoms with Crippen LogP contribution in [0.15, 0.2) is 64.2 Å². The Bertz CT molecular complexity index is 1180. The molecule has 4 rings (SSSR count). The number of nitrogens with zero attached hydrogens (tertiary/aromatic N) is 4. The normalized spacial score (nSPS) is 11.2. The zero-order valence-corrected chi connectivity index (χ0v) is 12.6. The smallest absolute Gasteiger partial charge is 0.295 e. The summed E-state index contributed by atoms with van der Waals surface area (Å²) in [5.74, 6) is 5.89. The Morgan fingerprint density at radius 3 is 2.42 bits per heavy atom. The lowest BCUT2D eigenvalue weighted by Crippen LogP contribution is -2.37. The number of aromatic nitrogens is 4. The number of nitrogens with two attached hydrogens (primary N) is 1. The van der Waals surface area contributed by atoms with E-state index in [2.05, 4.69) is 10.1 Å². The topological polar surface area (TPSA) is 95.3 Å². The number of para-hydroxylation sites is 1. The molecule has 0 aliphatic rings. The summed E-state index contributed by atoms with van der Waals surface area (Å²) in [6, 6.07) is 16.3. The van der Waals surface area contributed by atoms with Gasteiger partial charge in [0.1, 0.15) is 5.69 Å². The van der Waals surface area contributed by atoms with E-state index in [1.54, 1.807) is 24.3 Å². The van der Waals surface area contributed by atoms with E-state index < -0.39 is 5.56 Å². The molecule has 2 N–H and O–H groups in total. The van der Waals surface area contributed by atoms with Crippen LogP contribution in [0.4, 0.5) is 0 Å². The minimum atomic E-state index is -0.471. The third-order valence-electron chi connectivity index (χ3n) is 3.85. The first-order chi connectivity index (χ1) is 11.6. The molecule has 0 radical (unpaired) electrons. The lowest BCUT2D eigenvalue weighted by atomic mass is 10.1. The molecule has 2 aromatic heterocycles. The van der Waals surface area contributed by atoms with Crippen LogP contribution in [-0.4, -0.2) is 19.3 Å². The lowest BCUT2D eigenvalue weighted by molar-refractivity contribution is 0.738. The van der Waals surface area contributed by atoms with Crippen molar-refractivity contribution in [1.82, 2.24) is 19.3 Å². The summed E-state index contributed by atoms with van der Waals surface area (Å²) in [5, 5.41) is 4.63. The standard InChI is InChI=1S/C17H13N5O2/c18-21-16(24)14(10-11-6-2-1-3-7-11)20-22-15(23)12-8-4-5-9-13(12)19-17(21)22/h1-9H,10,18H2. The van der Waals surface area contributed by atoms with E-state index in [0.29, 0.717) is 10.9 Å². The van der Waals surface area contributed by atoms with Gasteiger partial charge in [-0.3, -0.25) is 9.59 Å². The second-order valence-electron chi connectivity index (χ2n) is 5.43. The molecule has 0 saturated carbocycles. The predicted molar refractivity (Wildman–Crippen MR) is 90.4 cm³/mol. The Balaban J connectivity index is 2.02. The van der Waals surface area contributed by atoms with Gasteiger partial charge in [-0.05, 0) is 17.7 Å². The molecule has 7 nitrogen and oxygen atoms in total. The minimum absolute atomic E-state index is 0.0144. The highest BCUT2D eigenvalue weighted by molar-refractivity contribution is 5.78. The number of hydrogen-bond acceptors (Lipinski definition) is 5. The second-order valence-corrected chi connectivity index (χ2v) is 5.43. The van der Waals surface area contributed by atoms with Gasteiger partial charge >= 0.3 is 0 Å². The van der Waals surface area contributed by atoms with E-state index in [-0.39, 0.29) is 23.5 Å². The van der Waals surface area contributed by atoms with Gasteiger partial charge in [-0.2, -0.15) is 14.3 Å². The molecule has 118 valence electrons. The fourth-order valence-corrected chi connectivity index (χ4v) is 2.65. The van der Waals surface area contributed by atoms with Gasteiger partial charge in [0.05, 0.1) is 10.9 Å². The Labute approximate surface area is 135 Å². The largest absolute Gasteiger partial charge is 0.333 e. The number of fused-ring (bicyclic) bond motifs is 2. The van der Waals surface area contributed by atoms with Crippen LogP contribution >= 0.6 is 0 Å². The molecule has 0 spiro atoms. The molecule has 0 aliphatic heterocycles. The molecular formula is C17H13N5O2. The van der Waals surface area contributed by atoms with Crippen LogP contribution in [0.1, 0.15) is 11.3 Å². The second kappa shape index (κ2) is 5.31. The Morgan fingerprint density at radius 1 is 0.917 bits per heavy atom. The van der Waals surface area contributed by atoms with Crippen molar-refractivity contribution in [3.63, 3.8) is 0 Å². The molecule has 0 bridgehead atoms. The Morgan fingerprint density at radius 2 is 1.62 bits per heavy atom. The number of rotatable bonds is 2. The summed E-state index contributed by atoms with van der Waals surface area (Å²) < 4.78 is 1.96. The number of benzene rings is 2. The Kier molecular flexibility index (Phi) is 3.13. The van der Waals surface area contributed by atoms with E-state index >= 15 is 0 Å². The molecule has 0 atom stereocenters. The molecule has 4 aromatic rings. The quantitative estimate of drug-likeness (QED) is 0.434. The maximum Gasteiger partial charge on any atom is 0.295 e. The third kappa shape index (κ3) is 2.14. The highest BCUT2D eigenvalue weighted by Gasteiger charge is 2.14. The first kappa shape index (κ1) is 14.1. The summed E-state index contributed by atoms with van der Waals surface area (Å²) in [4.78, 5) is 29.4. The molecule has 0 aliphatic carbocycles. The van der Waals surface area contributed by atoms with E-state index in [9.17, 15) is 9.59 Å². The van der Waals surface area contributed by atoms with Crippen LogP contribution < -0.4 is 17.0 Å². The number of nitrogen functional groups attached to an aromatic ring is 1. The van der Waals surface area contributed by atoms with E-state index in [1.165, 1.54) is 0 Å². The van der Waals surface area contributed by atoms with Crippen molar-refractivity contribution in [2.45, 2.75) is 6.42 Å². The van der Waals surface area contributed by atoms with Crippen molar-refractivity contribution < 1.29 is 0 Å². The van der Waals surface area contributed by atoms with Crippen molar-refractivity contribution in [2.75, 3.05) is 5.84 Å². The summed E-state index contributed by atoms with van der Waals surface area (Å²) in [6.07, 6.45) is 0.284. The first-order valence-electron chi connectivity index (χ1n) is 7.38. The SMILES string of the molecule is Nn1c(=O)c(Cc2ccccc2)nn2c(=O)c3ccccc3nc12. The van der Waals surface area contributed by atoms with Gasteiger partial charge in [0.15, 0.2) is 0 Å². The van der Waals surface area contributed by atoms with Gasteiger partial charge in [-0.15, -0.1) is 0 Å². The summed E-state index contributed by atoms with van der Waals surface area (Å²) >= 11 is 0. The van der Waals surface area contributed by atoms with Gasteiger partial charge in [0, 0.05) is 6.42 Å². The lowest BCUT2D eigenvalue weighted by Gasteiger charge is -2.08. The zero-order chi connectivity index (χ0) is 16.7. The number of hydrogen-bond donors (Lipinski definition) is 1. The van der Waals surface area contributed by atoms with Crippen LogP contribution in [0, 0.1) is 0 Å². The predicted octanol–water partition coefficient (Wildman–Crippen LogP) is 0.709. The molecule has 0 unspecified atom stereocenters. The van der Waals surface area contributed by atoms with E-state index in [4.69, 9.17) is 5.84 Å². The van der Waals surface area contributed by atoms with Crippen molar-refractivity contribution in [1.29, 1.82) is 0 Å². The molecule has 2 aromatic carbocycles. The highest BCUT2D eigenvalue weighted by atomic mass is 16.1. The zero-order valence-electron chi connectivity index (χ0n) is 12.6. The van der Waals surface area contributed by atoms with Gasteiger partial charge in [0.25, 0.3) is 16.9 Å². The van der Waals surface area contributed by atoms with Crippen LogP contribution in [0.25, 0.3) is 16.7 Å². The van der Waals surface area contributed by atoms with Crippen molar-refractivity contribution in [2.24, 2.45) is 0 Å². The maximum atomic E-state index is 12.6. The Hall–Kier alpha value is -3.48. The first-order valence-corrected chi connectivity index (χ1v) is 7.38. The van der Waals surface area contributed by atoms with Crippen LogP contribution in [0.5, 0.6) is 0 Å². The molecule has 0 amide bonds. The summed E-state index contributed by atoms with van der Waals surface area (Å²) in [6.45, 7) is 0. The molecule has 24 heavy (non-hydrogen) atoms. The van der Waals surface area contributed by atoms with Gasteiger partial charge < -0.3 is 5.84 Å². The average Bonchev–Trinajstić information content (AvgIpc) is 2.62.